The molecule has 28 heavy (non-hydrogen) atoms. The molecule has 0 aromatic rings. The summed E-state index contributed by atoms with van der Waals surface area (Å²) in [6.45, 7) is 6.55. The van der Waals surface area contributed by atoms with Crippen LogP contribution in [-0.4, -0.2) is 16.5 Å². The van der Waals surface area contributed by atoms with Gasteiger partial charge in [-0.05, 0) is 99.2 Å². The molecule has 4 fully saturated rings. The number of hydrogen-bond acceptors (Lipinski definition) is 4. The third-order valence-corrected chi connectivity index (χ3v) is 9.71. The Morgan fingerprint density at radius 2 is 1.79 bits per heavy atom. The number of terminal acetylenes is 1. The van der Waals surface area contributed by atoms with Gasteiger partial charge >= 0.3 is 0 Å². The highest BCUT2D eigenvalue weighted by molar-refractivity contribution is 5.79. The normalized spacial score (nSPS) is 49.9. The Balaban J connectivity index is 1.58. The Kier molecular flexibility index (Phi) is 4.56. The minimum Gasteiger partial charge on any atom is -0.300 e. The summed E-state index contributed by atoms with van der Waals surface area (Å²) in [6.07, 6.45) is 14.5. The number of rotatable bonds is 3. The van der Waals surface area contributed by atoms with Crippen LogP contribution in [0.15, 0.2) is 0 Å². The summed E-state index contributed by atoms with van der Waals surface area (Å²) in [4.78, 5) is 28.3. The first kappa shape index (κ1) is 19.7. The number of nitrogens with zero attached hydrogens (tertiary/aromatic N) is 1. The van der Waals surface area contributed by atoms with Gasteiger partial charge in [-0.1, -0.05) is 19.8 Å². The predicted molar refractivity (Wildman–Crippen MR) is 106 cm³/mol. The number of carbonyl (C=O) groups is 1. The minimum absolute atomic E-state index is 0.169. The van der Waals surface area contributed by atoms with Gasteiger partial charge in [0, 0.05) is 5.92 Å². The fourth-order valence-corrected chi connectivity index (χ4v) is 8.28. The van der Waals surface area contributed by atoms with Gasteiger partial charge in [0.2, 0.25) is 0 Å². The number of fused-ring (bicyclic) bond motifs is 5. The molecule has 4 rings (SSSR count). The fourth-order valence-electron chi connectivity index (χ4n) is 8.28. The van der Waals surface area contributed by atoms with Gasteiger partial charge in [-0.3, -0.25) is 9.63 Å². The van der Waals surface area contributed by atoms with Crippen LogP contribution in [0, 0.1) is 62.9 Å². The van der Waals surface area contributed by atoms with Crippen LogP contribution in [0.5, 0.6) is 0 Å². The molecule has 0 saturated heterocycles. The highest BCUT2D eigenvalue weighted by Gasteiger charge is 2.62. The highest BCUT2D eigenvalue weighted by Crippen LogP contribution is 2.68. The van der Waals surface area contributed by atoms with Crippen LogP contribution in [0.3, 0.4) is 0 Å². The van der Waals surface area contributed by atoms with E-state index in [9.17, 15) is 14.9 Å². The van der Waals surface area contributed by atoms with Crippen LogP contribution in [0.4, 0.5) is 0 Å². The first-order valence-corrected chi connectivity index (χ1v) is 11.0. The Morgan fingerprint density at radius 3 is 2.43 bits per heavy atom. The Hall–Kier alpha value is -1.57. The van der Waals surface area contributed by atoms with Crippen LogP contribution in [0.25, 0.3) is 0 Å². The lowest BCUT2D eigenvalue weighted by molar-refractivity contribution is -0.778. The molecule has 4 aliphatic rings. The molecular formula is C23H33NO4. The van der Waals surface area contributed by atoms with Crippen LogP contribution in [0.2, 0.25) is 0 Å². The van der Waals surface area contributed by atoms with E-state index in [1.54, 1.807) is 6.92 Å². The van der Waals surface area contributed by atoms with E-state index < -0.39 is 10.7 Å². The molecule has 0 aliphatic heterocycles. The molecule has 4 saturated carbocycles. The Bertz CT molecular complexity index is 729. The summed E-state index contributed by atoms with van der Waals surface area (Å²) in [5.74, 6) is 5.58. The molecule has 8 atom stereocenters. The third-order valence-electron chi connectivity index (χ3n) is 9.71. The van der Waals surface area contributed by atoms with Crippen molar-refractivity contribution in [2.45, 2.75) is 84.2 Å². The molecule has 0 N–H and O–H groups in total. The van der Waals surface area contributed by atoms with Crippen LogP contribution in [-0.2, 0) is 9.63 Å². The zero-order valence-corrected chi connectivity index (χ0v) is 17.4. The SMILES string of the molecule is C#CC1(O[N+](=O)[O-])CC[C@@]2(C)C(CC[C@H]3[C@@H]4CC[C@H](C(C)=O)[C@@]4(C)CC[C@@H]32)C1. The molecule has 5 nitrogen and oxygen atoms in total. The molecule has 0 aromatic carbocycles. The van der Waals surface area contributed by atoms with Crippen molar-refractivity contribution in [3.8, 4) is 12.3 Å². The second kappa shape index (κ2) is 6.47. The predicted octanol–water partition coefficient (Wildman–Crippen LogP) is 4.81. The second-order valence-corrected chi connectivity index (χ2v) is 10.6. The molecule has 0 bridgehead atoms. The zero-order valence-electron chi connectivity index (χ0n) is 17.4. The molecule has 0 spiro atoms. The lowest BCUT2D eigenvalue weighted by atomic mass is 9.44. The van der Waals surface area contributed by atoms with Gasteiger partial charge in [0.05, 0.1) is 0 Å². The topological polar surface area (TPSA) is 69.4 Å². The maximum atomic E-state index is 12.3. The number of ketones is 1. The van der Waals surface area contributed by atoms with Crippen molar-refractivity contribution in [1.29, 1.82) is 0 Å². The zero-order chi connectivity index (χ0) is 20.3. The van der Waals surface area contributed by atoms with E-state index in [0.29, 0.717) is 42.3 Å². The van der Waals surface area contributed by atoms with Gasteiger partial charge in [0.25, 0.3) is 5.09 Å². The Morgan fingerprint density at radius 1 is 1.07 bits per heavy atom. The monoisotopic (exact) mass is 387 g/mol. The smallest absolute Gasteiger partial charge is 0.296 e. The van der Waals surface area contributed by atoms with Crippen molar-refractivity contribution in [2.24, 2.45) is 40.4 Å². The average molecular weight is 388 g/mol. The van der Waals surface area contributed by atoms with Crippen molar-refractivity contribution in [1.82, 2.24) is 0 Å². The summed E-state index contributed by atoms with van der Waals surface area (Å²) in [5, 5.41) is 10.3. The summed E-state index contributed by atoms with van der Waals surface area (Å²) >= 11 is 0. The summed E-state index contributed by atoms with van der Waals surface area (Å²) in [5.41, 5.74) is -0.697. The van der Waals surface area contributed by atoms with Gasteiger partial charge in [-0.2, -0.15) is 0 Å². The van der Waals surface area contributed by atoms with E-state index in [1.165, 1.54) is 12.8 Å². The first-order chi connectivity index (χ1) is 13.2. The number of Topliss-reactive ketones (excluding diaryl/α,β-unsaturated/α-hetero) is 1. The minimum atomic E-state index is -1.04. The summed E-state index contributed by atoms with van der Waals surface area (Å²) in [6, 6.07) is 0. The van der Waals surface area contributed by atoms with Gasteiger partial charge in [0.1, 0.15) is 5.78 Å². The molecule has 0 amide bonds. The molecule has 0 aromatic heterocycles. The van der Waals surface area contributed by atoms with Crippen LogP contribution >= 0.6 is 0 Å². The maximum absolute atomic E-state index is 12.3. The number of carbonyl (C=O) groups excluding carboxylic acids is 1. The molecule has 5 heteroatoms. The van der Waals surface area contributed by atoms with Gasteiger partial charge in [-0.25, -0.2) is 0 Å². The van der Waals surface area contributed by atoms with Crippen LogP contribution < -0.4 is 0 Å². The molecular weight excluding hydrogens is 354 g/mol. The molecule has 4 aliphatic carbocycles. The van der Waals surface area contributed by atoms with Crippen molar-refractivity contribution in [2.75, 3.05) is 0 Å². The van der Waals surface area contributed by atoms with E-state index in [0.717, 1.165) is 32.1 Å². The average Bonchev–Trinajstić information content (AvgIpc) is 2.99. The standard InChI is InChI=1S/C23H33NO4/c1-5-23(28-24(26)27)13-12-21(3)16(14-23)6-7-17-19-9-8-18(15(2)25)22(19,4)11-10-20(17)21/h1,16-20H,6-14H2,2-4H3/t16?,17-,18+,19-,20-,21-,22+,23?/m0/s1. The summed E-state index contributed by atoms with van der Waals surface area (Å²) < 4.78 is 0. The highest BCUT2D eigenvalue weighted by atomic mass is 17.0. The van der Waals surface area contributed by atoms with E-state index in [2.05, 4.69) is 19.8 Å². The maximum Gasteiger partial charge on any atom is 0.296 e. The van der Waals surface area contributed by atoms with E-state index in [-0.39, 0.29) is 16.7 Å². The summed E-state index contributed by atoms with van der Waals surface area (Å²) in [7, 11) is 0. The van der Waals surface area contributed by atoms with Crippen molar-refractivity contribution in [3.05, 3.63) is 10.1 Å². The van der Waals surface area contributed by atoms with Crippen molar-refractivity contribution in [3.63, 3.8) is 0 Å². The van der Waals surface area contributed by atoms with Crippen molar-refractivity contribution >= 4 is 5.78 Å². The van der Waals surface area contributed by atoms with Gasteiger partial charge in [-0.15, -0.1) is 16.5 Å². The third kappa shape index (κ3) is 2.70. The lowest BCUT2D eigenvalue weighted by Crippen LogP contribution is -2.56. The molecule has 0 radical (unpaired) electrons. The second-order valence-electron chi connectivity index (χ2n) is 10.6. The fraction of sp³-hybridized carbons (Fsp3) is 0.870. The molecule has 154 valence electrons. The van der Waals surface area contributed by atoms with Crippen LogP contribution in [0.1, 0.15) is 78.6 Å². The first-order valence-electron chi connectivity index (χ1n) is 11.0. The quantitative estimate of drug-likeness (QED) is 0.396. The molecule has 0 heterocycles. The van der Waals surface area contributed by atoms with E-state index >= 15 is 0 Å². The Labute approximate surface area is 168 Å². The lowest BCUT2D eigenvalue weighted by Gasteiger charge is -2.61. The van der Waals surface area contributed by atoms with Gasteiger partial charge in [0.15, 0.2) is 5.60 Å². The number of hydrogen-bond donors (Lipinski definition) is 0. The van der Waals surface area contributed by atoms with Crippen molar-refractivity contribution < 1.29 is 14.7 Å². The van der Waals surface area contributed by atoms with E-state index in [1.807, 2.05) is 0 Å². The van der Waals surface area contributed by atoms with Gasteiger partial charge < -0.3 is 0 Å². The largest absolute Gasteiger partial charge is 0.300 e. The molecule has 2 unspecified atom stereocenters. The van der Waals surface area contributed by atoms with E-state index in [4.69, 9.17) is 11.3 Å².